The molecular formula is C17H23N3O2. The first-order valence-electron chi connectivity index (χ1n) is 7.98. The van der Waals surface area contributed by atoms with E-state index in [0.29, 0.717) is 11.3 Å². The largest absolute Gasteiger partial charge is 0.377 e. The van der Waals surface area contributed by atoms with Crippen molar-refractivity contribution in [3.63, 3.8) is 0 Å². The summed E-state index contributed by atoms with van der Waals surface area (Å²) in [5.74, 6) is 0.284. The molecule has 1 aliphatic heterocycles. The van der Waals surface area contributed by atoms with Crippen molar-refractivity contribution < 1.29 is 9.59 Å². The van der Waals surface area contributed by atoms with Crippen LogP contribution in [0.25, 0.3) is 0 Å². The van der Waals surface area contributed by atoms with E-state index >= 15 is 0 Å². The average molecular weight is 301 g/mol. The van der Waals surface area contributed by atoms with Gasteiger partial charge in [-0.3, -0.25) is 9.59 Å². The predicted octanol–water partition coefficient (Wildman–Crippen LogP) is 2.34. The van der Waals surface area contributed by atoms with Gasteiger partial charge in [0.2, 0.25) is 5.91 Å². The third-order valence-corrected chi connectivity index (χ3v) is 4.32. The number of anilines is 2. The smallest absolute Gasteiger partial charge is 0.256 e. The highest BCUT2D eigenvalue weighted by Crippen LogP contribution is 2.31. The Morgan fingerprint density at radius 3 is 2.45 bits per heavy atom. The highest BCUT2D eigenvalue weighted by molar-refractivity contribution is 6.02. The third-order valence-electron chi connectivity index (χ3n) is 4.32. The topological polar surface area (TPSA) is 52.7 Å². The second kappa shape index (κ2) is 5.99. The van der Waals surface area contributed by atoms with Crippen molar-refractivity contribution in [3.8, 4) is 0 Å². The Balaban J connectivity index is 1.86. The lowest BCUT2D eigenvalue weighted by Gasteiger charge is -2.22. The van der Waals surface area contributed by atoms with Gasteiger partial charge in [-0.15, -0.1) is 0 Å². The van der Waals surface area contributed by atoms with Gasteiger partial charge in [-0.05, 0) is 43.9 Å². The summed E-state index contributed by atoms with van der Waals surface area (Å²) in [5.41, 5.74) is 2.27. The quantitative estimate of drug-likeness (QED) is 0.928. The Bertz CT molecular complexity index is 588. The Labute approximate surface area is 131 Å². The van der Waals surface area contributed by atoms with Gasteiger partial charge in [0.15, 0.2) is 0 Å². The monoisotopic (exact) mass is 301 g/mol. The molecular weight excluding hydrogens is 278 g/mol. The molecule has 118 valence electrons. The Hall–Kier alpha value is -2.04. The molecule has 0 radical (unpaired) electrons. The first-order valence-corrected chi connectivity index (χ1v) is 7.98. The summed E-state index contributed by atoms with van der Waals surface area (Å²) in [7, 11) is 3.86. The van der Waals surface area contributed by atoms with Crippen molar-refractivity contribution in [2.24, 2.45) is 5.92 Å². The van der Waals surface area contributed by atoms with Crippen molar-refractivity contribution in [2.75, 3.05) is 37.4 Å². The molecule has 0 aromatic heterocycles. The van der Waals surface area contributed by atoms with Crippen molar-refractivity contribution in [1.82, 2.24) is 4.90 Å². The maximum atomic E-state index is 12.7. The lowest BCUT2D eigenvalue weighted by atomic mass is 10.1. The normalized spacial score (nSPS) is 17.5. The first-order chi connectivity index (χ1) is 10.6. The van der Waals surface area contributed by atoms with Gasteiger partial charge >= 0.3 is 0 Å². The number of likely N-dealkylation sites (tertiary alicyclic amines) is 1. The molecule has 5 heteroatoms. The van der Waals surface area contributed by atoms with Crippen molar-refractivity contribution in [2.45, 2.75) is 25.7 Å². The van der Waals surface area contributed by atoms with E-state index in [1.807, 2.05) is 42.1 Å². The molecule has 1 saturated carbocycles. The van der Waals surface area contributed by atoms with Gasteiger partial charge in [-0.25, -0.2) is 0 Å². The van der Waals surface area contributed by atoms with Crippen LogP contribution in [0, 0.1) is 5.92 Å². The number of carbonyl (C=O) groups excluding carboxylic acids is 2. The molecule has 0 spiro atoms. The minimum absolute atomic E-state index is 0.0590. The van der Waals surface area contributed by atoms with Gasteiger partial charge < -0.3 is 15.1 Å². The number of amides is 2. The van der Waals surface area contributed by atoms with Crippen LogP contribution >= 0.6 is 0 Å². The molecule has 1 aromatic rings. The van der Waals surface area contributed by atoms with Crippen molar-refractivity contribution in [1.29, 1.82) is 0 Å². The molecule has 1 heterocycles. The van der Waals surface area contributed by atoms with E-state index in [0.717, 1.165) is 44.5 Å². The molecule has 0 unspecified atom stereocenters. The van der Waals surface area contributed by atoms with Crippen LogP contribution in [0.2, 0.25) is 0 Å². The number of hydrogen-bond acceptors (Lipinski definition) is 3. The van der Waals surface area contributed by atoms with E-state index in [1.54, 1.807) is 0 Å². The summed E-state index contributed by atoms with van der Waals surface area (Å²) < 4.78 is 0. The molecule has 1 aromatic carbocycles. The Morgan fingerprint density at radius 1 is 1.18 bits per heavy atom. The minimum atomic E-state index is 0.0590. The molecule has 1 saturated heterocycles. The summed E-state index contributed by atoms with van der Waals surface area (Å²) in [5, 5.41) is 2.93. The van der Waals surface area contributed by atoms with Crippen LogP contribution in [0.5, 0.6) is 0 Å². The van der Waals surface area contributed by atoms with Crippen LogP contribution < -0.4 is 10.2 Å². The maximum absolute atomic E-state index is 12.7. The second-order valence-electron chi connectivity index (χ2n) is 6.39. The number of nitrogens with one attached hydrogen (secondary N) is 1. The van der Waals surface area contributed by atoms with E-state index < -0.39 is 0 Å². The molecule has 1 aliphatic carbocycles. The van der Waals surface area contributed by atoms with Gasteiger partial charge in [-0.2, -0.15) is 0 Å². The van der Waals surface area contributed by atoms with E-state index in [2.05, 4.69) is 5.32 Å². The fourth-order valence-corrected chi connectivity index (χ4v) is 2.86. The van der Waals surface area contributed by atoms with Gasteiger partial charge in [0.25, 0.3) is 5.91 Å². The summed E-state index contributed by atoms with van der Waals surface area (Å²) in [6, 6.07) is 5.60. The predicted molar refractivity (Wildman–Crippen MR) is 87.3 cm³/mol. The zero-order valence-electron chi connectivity index (χ0n) is 13.3. The van der Waals surface area contributed by atoms with Crippen molar-refractivity contribution >= 4 is 23.2 Å². The zero-order chi connectivity index (χ0) is 15.7. The van der Waals surface area contributed by atoms with Crippen LogP contribution in [0.4, 0.5) is 11.4 Å². The van der Waals surface area contributed by atoms with Crippen molar-refractivity contribution in [3.05, 3.63) is 23.8 Å². The van der Waals surface area contributed by atoms with E-state index in [1.165, 1.54) is 0 Å². The van der Waals surface area contributed by atoms with E-state index in [-0.39, 0.29) is 17.7 Å². The van der Waals surface area contributed by atoms with E-state index in [4.69, 9.17) is 0 Å². The van der Waals surface area contributed by atoms with Crippen LogP contribution in [0.3, 0.4) is 0 Å². The van der Waals surface area contributed by atoms with Crippen LogP contribution in [-0.4, -0.2) is 43.9 Å². The molecule has 22 heavy (non-hydrogen) atoms. The number of benzene rings is 1. The highest BCUT2D eigenvalue weighted by atomic mass is 16.2. The fraction of sp³-hybridized carbons (Fsp3) is 0.529. The SMILES string of the molecule is CN(C)c1ccc(NC(=O)C2CC2)cc1C(=O)N1CCCC1. The molecule has 3 rings (SSSR count). The van der Waals surface area contributed by atoms with Gasteiger partial charge in [0, 0.05) is 44.5 Å². The minimum Gasteiger partial charge on any atom is -0.377 e. The van der Waals surface area contributed by atoms with Crippen LogP contribution in [0.1, 0.15) is 36.0 Å². The number of nitrogens with zero attached hydrogens (tertiary/aromatic N) is 2. The standard InChI is InChI=1S/C17H23N3O2/c1-19(2)15-8-7-13(18-16(21)12-5-6-12)11-14(15)17(22)20-9-3-4-10-20/h7-8,11-12H,3-6,9-10H2,1-2H3,(H,18,21). The average Bonchev–Trinajstić information content (AvgIpc) is 3.21. The number of rotatable bonds is 4. The van der Waals surface area contributed by atoms with Crippen LogP contribution in [0.15, 0.2) is 18.2 Å². The number of carbonyl (C=O) groups is 2. The molecule has 0 atom stereocenters. The van der Waals surface area contributed by atoms with Gasteiger partial charge in [0.1, 0.15) is 0 Å². The fourth-order valence-electron chi connectivity index (χ4n) is 2.86. The number of hydrogen-bond donors (Lipinski definition) is 1. The summed E-state index contributed by atoms with van der Waals surface area (Å²) in [6.45, 7) is 1.65. The zero-order valence-corrected chi connectivity index (χ0v) is 13.3. The highest BCUT2D eigenvalue weighted by Gasteiger charge is 2.30. The first kappa shape index (κ1) is 14.9. The molecule has 1 N–H and O–H groups in total. The van der Waals surface area contributed by atoms with Gasteiger partial charge in [0.05, 0.1) is 5.56 Å². The lowest BCUT2D eigenvalue weighted by Crippen LogP contribution is -2.29. The second-order valence-corrected chi connectivity index (χ2v) is 6.39. The molecule has 0 bridgehead atoms. The summed E-state index contributed by atoms with van der Waals surface area (Å²) >= 11 is 0. The Kier molecular flexibility index (Phi) is 4.05. The third kappa shape index (κ3) is 3.08. The Morgan fingerprint density at radius 2 is 1.86 bits per heavy atom. The summed E-state index contributed by atoms with van der Waals surface area (Å²) in [6.07, 6.45) is 4.09. The lowest BCUT2D eigenvalue weighted by molar-refractivity contribution is -0.117. The molecule has 2 aliphatic rings. The van der Waals surface area contributed by atoms with Crippen LogP contribution in [-0.2, 0) is 4.79 Å². The molecule has 5 nitrogen and oxygen atoms in total. The summed E-state index contributed by atoms with van der Waals surface area (Å²) in [4.78, 5) is 28.5. The van der Waals surface area contributed by atoms with Gasteiger partial charge in [-0.1, -0.05) is 0 Å². The molecule has 2 amide bonds. The van der Waals surface area contributed by atoms with E-state index in [9.17, 15) is 9.59 Å². The maximum Gasteiger partial charge on any atom is 0.256 e. The molecule has 2 fully saturated rings.